The fourth-order valence-electron chi connectivity index (χ4n) is 3.52. The van der Waals surface area contributed by atoms with E-state index in [9.17, 15) is 18.0 Å². The third kappa shape index (κ3) is 5.55. The van der Waals surface area contributed by atoms with Crippen LogP contribution in [0.15, 0.2) is 36.9 Å². The molecule has 1 unspecified atom stereocenters. The molecular formula is C19H23F3N4O. The van der Waals surface area contributed by atoms with Crippen LogP contribution in [0.3, 0.4) is 0 Å². The molecule has 1 saturated heterocycles. The van der Waals surface area contributed by atoms with Crippen LogP contribution in [0.2, 0.25) is 0 Å². The lowest BCUT2D eigenvalue weighted by Crippen LogP contribution is -2.40. The van der Waals surface area contributed by atoms with Gasteiger partial charge in [-0.2, -0.15) is 18.3 Å². The van der Waals surface area contributed by atoms with E-state index in [1.54, 1.807) is 17.1 Å². The molecule has 1 fully saturated rings. The van der Waals surface area contributed by atoms with Crippen molar-refractivity contribution < 1.29 is 18.0 Å². The number of aryl methyl sites for hydroxylation is 2. The van der Waals surface area contributed by atoms with Gasteiger partial charge in [-0.05, 0) is 43.2 Å². The van der Waals surface area contributed by atoms with Crippen molar-refractivity contribution in [2.45, 2.75) is 44.8 Å². The van der Waals surface area contributed by atoms with Gasteiger partial charge in [0.25, 0.3) is 0 Å². The topological polar surface area (TPSA) is 51.0 Å². The first kappa shape index (κ1) is 19.4. The van der Waals surface area contributed by atoms with Crippen molar-refractivity contribution in [3.05, 3.63) is 48.0 Å². The third-order valence-corrected chi connectivity index (χ3v) is 4.99. The van der Waals surface area contributed by atoms with Crippen molar-refractivity contribution in [1.82, 2.24) is 19.7 Å². The Balaban J connectivity index is 1.49. The maximum Gasteiger partial charge on any atom is 0.416 e. The molecule has 0 spiro atoms. The van der Waals surface area contributed by atoms with Gasteiger partial charge in [-0.15, -0.1) is 0 Å². The van der Waals surface area contributed by atoms with E-state index in [1.165, 1.54) is 18.5 Å². The summed E-state index contributed by atoms with van der Waals surface area (Å²) in [5.41, 5.74) is 0.0908. The Labute approximate surface area is 156 Å². The molecule has 5 nitrogen and oxygen atoms in total. The third-order valence-electron chi connectivity index (χ3n) is 4.99. The standard InChI is InChI=1S/C19H23F3N4O/c20-19(21,22)17-5-1-3-15(11-17)6-7-16-4-2-9-25(12-16)18(27)8-10-26-14-23-13-24-26/h1,3,5,11,13-14,16H,2,4,6-10,12H2. The minimum Gasteiger partial charge on any atom is -0.342 e. The van der Waals surface area contributed by atoms with Crippen LogP contribution < -0.4 is 0 Å². The molecule has 1 aromatic carbocycles. The molecule has 146 valence electrons. The summed E-state index contributed by atoms with van der Waals surface area (Å²) in [6.45, 7) is 1.93. The lowest BCUT2D eigenvalue weighted by atomic mass is 9.91. The summed E-state index contributed by atoms with van der Waals surface area (Å²) in [5.74, 6) is 0.415. The molecule has 2 aromatic rings. The zero-order valence-electron chi connectivity index (χ0n) is 15.0. The highest BCUT2D eigenvalue weighted by atomic mass is 19.4. The van der Waals surface area contributed by atoms with Crippen molar-refractivity contribution in [3.8, 4) is 0 Å². The second kappa shape index (κ2) is 8.54. The summed E-state index contributed by atoms with van der Waals surface area (Å²) in [5, 5.41) is 3.99. The number of nitrogens with zero attached hydrogens (tertiary/aromatic N) is 4. The van der Waals surface area contributed by atoms with E-state index < -0.39 is 11.7 Å². The minimum atomic E-state index is -4.31. The van der Waals surface area contributed by atoms with Crippen LogP contribution in [-0.4, -0.2) is 38.7 Å². The lowest BCUT2D eigenvalue weighted by Gasteiger charge is -2.33. The monoisotopic (exact) mass is 380 g/mol. The molecule has 0 radical (unpaired) electrons. The Morgan fingerprint density at radius 2 is 2.15 bits per heavy atom. The highest BCUT2D eigenvalue weighted by molar-refractivity contribution is 5.76. The molecule has 1 amide bonds. The van der Waals surface area contributed by atoms with Crippen LogP contribution in [0, 0.1) is 5.92 Å². The molecule has 0 saturated carbocycles. The zero-order chi connectivity index (χ0) is 19.3. The first-order chi connectivity index (χ1) is 12.9. The van der Waals surface area contributed by atoms with Gasteiger partial charge in [-0.25, -0.2) is 4.98 Å². The molecule has 1 aliphatic heterocycles. The zero-order valence-corrected chi connectivity index (χ0v) is 15.0. The number of piperidine rings is 1. The number of carbonyl (C=O) groups is 1. The second-order valence-electron chi connectivity index (χ2n) is 6.99. The Bertz CT molecular complexity index is 746. The van der Waals surface area contributed by atoms with Crippen LogP contribution in [0.25, 0.3) is 0 Å². The van der Waals surface area contributed by atoms with Gasteiger partial charge in [0.05, 0.1) is 12.1 Å². The average molecular weight is 380 g/mol. The molecule has 1 aromatic heterocycles. The van der Waals surface area contributed by atoms with Crippen molar-refractivity contribution >= 4 is 5.91 Å². The molecule has 2 heterocycles. The summed E-state index contributed by atoms with van der Waals surface area (Å²) in [6, 6.07) is 5.52. The number of benzene rings is 1. The van der Waals surface area contributed by atoms with Gasteiger partial charge < -0.3 is 4.90 Å². The largest absolute Gasteiger partial charge is 0.416 e. The van der Waals surface area contributed by atoms with E-state index in [2.05, 4.69) is 10.1 Å². The minimum absolute atomic E-state index is 0.0919. The fourth-order valence-corrected chi connectivity index (χ4v) is 3.52. The molecule has 1 atom stereocenters. The van der Waals surface area contributed by atoms with Gasteiger partial charge in [-0.3, -0.25) is 9.48 Å². The smallest absolute Gasteiger partial charge is 0.342 e. The number of carbonyl (C=O) groups excluding carboxylic acids is 1. The molecule has 0 N–H and O–H groups in total. The SMILES string of the molecule is O=C(CCn1cncn1)N1CCCC(CCc2cccc(C(F)(F)F)c2)C1. The first-order valence-electron chi connectivity index (χ1n) is 9.18. The number of halogens is 3. The van der Waals surface area contributed by atoms with Crippen LogP contribution in [0.1, 0.15) is 36.8 Å². The molecule has 0 aliphatic carbocycles. The average Bonchev–Trinajstić information content (AvgIpc) is 3.18. The van der Waals surface area contributed by atoms with Crippen LogP contribution in [0.4, 0.5) is 13.2 Å². The van der Waals surface area contributed by atoms with E-state index in [-0.39, 0.29) is 5.91 Å². The van der Waals surface area contributed by atoms with E-state index in [1.807, 2.05) is 4.90 Å². The van der Waals surface area contributed by atoms with Gasteiger partial charge in [0.2, 0.25) is 5.91 Å². The number of alkyl halides is 3. The summed E-state index contributed by atoms with van der Waals surface area (Å²) in [4.78, 5) is 18.1. The van der Waals surface area contributed by atoms with Crippen molar-refractivity contribution in [1.29, 1.82) is 0 Å². The fraction of sp³-hybridized carbons (Fsp3) is 0.526. The number of hydrogen-bond acceptors (Lipinski definition) is 3. The Kier molecular flexibility index (Phi) is 6.13. The maximum absolute atomic E-state index is 12.8. The quantitative estimate of drug-likeness (QED) is 0.770. The molecule has 0 bridgehead atoms. The second-order valence-corrected chi connectivity index (χ2v) is 6.99. The van der Waals surface area contributed by atoms with Crippen LogP contribution in [0.5, 0.6) is 0 Å². The molecule has 1 aliphatic rings. The number of aromatic nitrogens is 3. The van der Waals surface area contributed by atoms with Crippen molar-refractivity contribution in [2.24, 2.45) is 5.92 Å². The molecule has 27 heavy (non-hydrogen) atoms. The van der Waals surface area contributed by atoms with Crippen LogP contribution >= 0.6 is 0 Å². The Morgan fingerprint density at radius 1 is 1.30 bits per heavy atom. The first-order valence-corrected chi connectivity index (χ1v) is 9.18. The van der Waals surface area contributed by atoms with Crippen molar-refractivity contribution in [3.63, 3.8) is 0 Å². The van der Waals surface area contributed by atoms with Gasteiger partial charge in [0, 0.05) is 19.5 Å². The van der Waals surface area contributed by atoms with Crippen molar-refractivity contribution in [2.75, 3.05) is 13.1 Å². The van der Waals surface area contributed by atoms with E-state index in [0.717, 1.165) is 31.9 Å². The number of amides is 1. The summed E-state index contributed by atoms with van der Waals surface area (Å²) in [7, 11) is 0. The highest BCUT2D eigenvalue weighted by Gasteiger charge is 2.30. The predicted octanol–water partition coefficient (Wildman–Crippen LogP) is 3.56. The molecule has 8 heteroatoms. The van der Waals surface area contributed by atoms with E-state index >= 15 is 0 Å². The summed E-state index contributed by atoms with van der Waals surface area (Å²) < 4.78 is 40.1. The van der Waals surface area contributed by atoms with Gasteiger partial charge in [0.1, 0.15) is 12.7 Å². The highest BCUT2D eigenvalue weighted by Crippen LogP contribution is 2.30. The van der Waals surface area contributed by atoms with Gasteiger partial charge in [0.15, 0.2) is 0 Å². The Hall–Kier alpha value is -2.38. The van der Waals surface area contributed by atoms with E-state index in [4.69, 9.17) is 0 Å². The van der Waals surface area contributed by atoms with E-state index in [0.29, 0.717) is 37.4 Å². The Morgan fingerprint density at radius 3 is 2.89 bits per heavy atom. The van der Waals surface area contributed by atoms with Gasteiger partial charge in [-0.1, -0.05) is 18.2 Å². The summed E-state index contributed by atoms with van der Waals surface area (Å²) >= 11 is 0. The normalized spacial score (nSPS) is 17.9. The molecule has 3 rings (SSSR count). The van der Waals surface area contributed by atoms with Crippen LogP contribution in [-0.2, 0) is 23.9 Å². The maximum atomic E-state index is 12.8. The number of likely N-dealkylation sites (tertiary alicyclic amines) is 1. The van der Waals surface area contributed by atoms with Gasteiger partial charge >= 0.3 is 6.18 Å². The predicted molar refractivity (Wildman–Crippen MR) is 93.7 cm³/mol. The number of hydrogen-bond donors (Lipinski definition) is 0. The number of rotatable bonds is 6. The summed E-state index contributed by atoms with van der Waals surface area (Å²) in [6.07, 6.45) is 2.41. The molecular weight excluding hydrogens is 357 g/mol. The lowest BCUT2D eigenvalue weighted by molar-refractivity contribution is -0.137.